The molecule has 2 aliphatic heterocycles. The maximum Gasteiger partial charge on any atom is 0.121 e. The molecule has 2 aromatic rings. The Labute approximate surface area is 141 Å². The van der Waals surface area contributed by atoms with Crippen molar-refractivity contribution < 1.29 is 9.47 Å². The van der Waals surface area contributed by atoms with Gasteiger partial charge >= 0.3 is 0 Å². The number of ether oxygens (including phenoxy) is 2. The molecule has 0 spiro atoms. The zero-order chi connectivity index (χ0) is 16.4. The molecule has 4 rings (SSSR count). The van der Waals surface area contributed by atoms with Crippen LogP contribution in [-0.2, 0) is 29.7 Å². The Hall–Kier alpha value is -1.77. The van der Waals surface area contributed by atoms with Crippen LogP contribution in [-0.4, -0.2) is 57.2 Å². The molecule has 0 radical (unpaired) electrons. The molecule has 8 nitrogen and oxygen atoms in total. The van der Waals surface area contributed by atoms with Gasteiger partial charge in [0.05, 0.1) is 31.1 Å². The first-order chi connectivity index (χ1) is 11.8. The Kier molecular flexibility index (Phi) is 4.59. The molecule has 8 heteroatoms. The zero-order valence-corrected chi connectivity index (χ0v) is 14.0. The highest BCUT2D eigenvalue weighted by Crippen LogP contribution is 2.24. The van der Waals surface area contributed by atoms with Gasteiger partial charge in [0, 0.05) is 38.6 Å². The summed E-state index contributed by atoms with van der Waals surface area (Å²) in [5.74, 6) is 0.724. The monoisotopic (exact) mass is 332 g/mol. The van der Waals surface area contributed by atoms with E-state index in [0.717, 1.165) is 68.6 Å². The summed E-state index contributed by atoms with van der Waals surface area (Å²) in [5.41, 5.74) is 2.89. The summed E-state index contributed by atoms with van der Waals surface area (Å²) in [7, 11) is 1.90. The molecule has 1 saturated heterocycles. The molecule has 1 N–H and O–H groups in total. The normalized spacial score (nSPS) is 21.8. The van der Waals surface area contributed by atoms with Gasteiger partial charge in [-0.15, -0.1) is 5.10 Å². The van der Waals surface area contributed by atoms with Gasteiger partial charge in [-0.05, 0) is 25.3 Å². The summed E-state index contributed by atoms with van der Waals surface area (Å²) < 4.78 is 15.1. The molecule has 2 aromatic heterocycles. The molecule has 0 aliphatic carbocycles. The quantitative estimate of drug-likeness (QED) is 0.863. The SMILES string of the molecule is Cn1cc(-c2nnn3c2CO[C@@H](CNCC2CCOCC2)C3)cn1. The molecule has 1 atom stereocenters. The van der Waals surface area contributed by atoms with Crippen molar-refractivity contribution in [1.29, 1.82) is 0 Å². The van der Waals surface area contributed by atoms with E-state index in [1.807, 2.05) is 24.1 Å². The Morgan fingerprint density at radius 3 is 2.96 bits per heavy atom. The molecule has 0 bridgehead atoms. The van der Waals surface area contributed by atoms with Crippen LogP contribution in [0.3, 0.4) is 0 Å². The lowest BCUT2D eigenvalue weighted by Crippen LogP contribution is -2.39. The third kappa shape index (κ3) is 3.35. The highest BCUT2D eigenvalue weighted by Gasteiger charge is 2.25. The topological polar surface area (TPSA) is 79.0 Å². The predicted octanol–water partition coefficient (Wildman–Crippen LogP) is 0.594. The Balaban J connectivity index is 1.32. The second-order valence-electron chi connectivity index (χ2n) is 6.62. The maximum atomic E-state index is 6.01. The second kappa shape index (κ2) is 7.00. The number of nitrogens with zero attached hydrogens (tertiary/aromatic N) is 5. The lowest BCUT2D eigenvalue weighted by Gasteiger charge is -2.26. The minimum absolute atomic E-state index is 0.140. The molecular weight excluding hydrogens is 308 g/mol. The van der Waals surface area contributed by atoms with Crippen molar-refractivity contribution in [3.8, 4) is 11.3 Å². The number of nitrogens with one attached hydrogen (secondary N) is 1. The summed E-state index contributed by atoms with van der Waals surface area (Å²) >= 11 is 0. The van der Waals surface area contributed by atoms with E-state index in [2.05, 4.69) is 20.7 Å². The highest BCUT2D eigenvalue weighted by atomic mass is 16.5. The van der Waals surface area contributed by atoms with Crippen LogP contribution in [0, 0.1) is 5.92 Å². The molecule has 0 aromatic carbocycles. The van der Waals surface area contributed by atoms with E-state index >= 15 is 0 Å². The number of rotatable bonds is 5. The van der Waals surface area contributed by atoms with Crippen molar-refractivity contribution in [3.63, 3.8) is 0 Å². The van der Waals surface area contributed by atoms with Crippen LogP contribution in [0.1, 0.15) is 18.5 Å². The van der Waals surface area contributed by atoms with Crippen LogP contribution < -0.4 is 5.32 Å². The van der Waals surface area contributed by atoms with Crippen molar-refractivity contribution in [2.75, 3.05) is 26.3 Å². The van der Waals surface area contributed by atoms with Gasteiger partial charge in [-0.3, -0.25) is 4.68 Å². The first-order valence-electron chi connectivity index (χ1n) is 8.61. The Morgan fingerprint density at radius 2 is 2.17 bits per heavy atom. The Bertz CT molecular complexity index is 676. The standard InChI is InChI=1S/C16H24N6O2/c1-21-9-13(7-18-21)16-15-11-24-14(10-22(15)20-19-16)8-17-6-12-2-4-23-5-3-12/h7,9,12,14,17H,2-6,8,10-11H2,1H3/t14-/m0/s1. The highest BCUT2D eigenvalue weighted by molar-refractivity contribution is 5.59. The maximum absolute atomic E-state index is 6.01. The smallest absolute Gasteiger partial charge is 0.121 e. The van der Waals surface area contributed by atoms with Crippen molar-refractivity contribution >= 4 is 0 Å². The number of hydrogen-bond donors (Lipinski definition) is 1. The Morgan fingerprint density at radius 1 is 1.29 bits per heavy atom. The summed E-state index contributed by atoms with van der Waals surface area (Å²) in [6.45, 7) is 4.95. The minimum Gasteiger partial charge on any atom is -0.381 e. The van der Waals surface area contributed by atoms with E-state index < -0.39 is 0 Å². The van der Waals surface area contributed by atoms with Crippen LogP contribution in [0.2, 0.25) is 0 Å². The van der Waals surface area contributed by atoms with Gasteiger partial charge in [-0.2, -0.15) is 5.10 Å². The van der Waals surface area contributed by atoms with Crippen molar-refractivity contribution in [3.05, 3.63) is 18.1 Å². The summed E-state index contributed by atoms with van der Waals surface area (Å²) in [4.78, 5) is 0. The fourth-order valence-electron chi connectivity index (χ4n) is 3.35. The van der Waals surface area contributed by atoms with Crippen molar-refractivity contribution in [2.45, 2.75) is 32.1 Å². The van der Waals surface area contributed by atoms with Crippen LogP contribution in [0.25, 0.3) is 11.3 Å². The molecule has 0 saturated carbocycles. The van der Waals surface area contributed by atoms with Crippen LogP contribution in [0.5, 0.6) is 0 Å². The van der Waals surface area contributed by atoms with E-state index in [9.17, 15) is 0 Å². The number of aromatic nitrogens is 5. The van der Waals surface area contributed by atoms with E-state index in [1.54, 1.807) is 4.68 Å². The molecule has 0 amide bonds. The number of hydrogen-bond acceptors (Lipinski definition) is 6. The fourth-order valence-corrected chi connectivity index (χ4v) is 3.35. The average molecular weight is 332 g/mol. The lowest BCUT2D eigenvalue weighted by atomic mass is 10.0. The number of fused-ring (bicyclic) bond motifs is 1. The van der Waals surface area contributed by atoms with E-state index in [1.165, 1.54) is 0 Å². The van der Waals surface area contributed by atoms with Crippen LogP contribution in [0.15, 0.2) is 12.4 Å². The number of aryl methyl sites for hydroxylation is 1. The van der Waals surface area contributed by atoms with Crippen LogP contribution >= 0.6 is 0 Å². The van der Waals surface area contributed by atoms with Crippen LogP contribution in [0.4, 0.5) is 0 Å². The van der Waals surface area contributed by atoms with Crippen molar-refractivity contribution in [2.24, 2.45) is 13.0 Å². The molecule has 130 valence electrons. The average Bonchev–Trinajstić information content (AvgIpc) is 3.21. The van der Waals surface area contributed by atoms with Gasteiger partial charge < -0.3 is 14.8 Å². The van der Waals surface area contributed by atoms with Gasteiger partial charge in [0.15, 0.2) is 0 Å². The largest absolute Gasteiger partial charge is 0.381 e. The van der Waals surface area contributed by atoms with Gasteiger partial charge in [0.25, 0.3) is 0 Å². The summed E-state index contributed by atoms with van der Waals surface area (Å²) in [6, 6.07) is 0. The molecule has 24 heavy (non-hydrogen) atoms. The third-order valence-electron chi connectivity index (χ3n) is 4.79. The summed E-state index contributed by atoms with van der Waals surface area (Å²) in [6.07, 6.45) is 6.21. The zero-order valence-electron chi connectivity index (χ0n) is 14.0. The second-order valence-corrected chi connectivity index (χ2v) is 6.62. The molecular formula is C16H24N6O2. The first-order valence-corrected chi connectivity index (χ1v) is 8.61. The van der Waals surface area contributed by atoms with E-state index in [0.29, 0.717) is 6.61 Å². The summed E-state index contributed by atoms with van der Waals surface area (Å²) in [5, 5.41) is 16.4. The molecule has 0 unspecified atom stereocenters. The van der Waals surface area contributed by atoms with Gasteiger partial charge in [-0.1, -0.05) is 5.21 Å². The fraction of sp³-hybridized carbons (Fsp3) is 0.688. The molecule has 4 heterocycles. The third-order valence-corrected chi connectivity index (χ3v) is 4.79. The van der Waals surface area contributed by atoms with Gasteiger partial charge in [-0.25, -0.2) is 4.68 Å². The molecule has 1 fully saturated rings. The minimum atomic E-state index is 0.140. The van der Waals surface area contributed by atoms with Gasteiger partial charge in [0.2, 0.25) is 0 Å². The molecule has 2 aliphatic rings. The first kappa shape index (κ1) is 15.7. The van der Waals surface area contributed by atoms with E-state index in [-0.39, 0.29) is 6.10 Å². The predicted molar refractivity (Wildman–Crippen MR) is 87.2 cm³/mol. The van der Waals surface area contributed by atoms with Crippen molar-refractivity contribution in [1.82, 2.24) is 30.1 Å². The van der Waals surface area contributed by atoms with Gasteiger partial charge in [0.1, 0.15) is 5.69 Å². The lowest BCUT2D eigenvalue weighted by molar-refractivity contribution is -0.000188. The van der Waals surface area contributed by atoms with E-state index in [4.69, 9.17) is 9.47 Å².